The fourth-order valence-electron chi connectivity index (χ4n) is 1.08. The molecule has 1 aliphatic rings. The second-order valence-electron chi connectivity index (χ2n) is 3.21. The van der Waals surface area contributed by atoms with Crippen molar-refractivity contribution in [3.8, 4) is 0 Å². The SMILES string of the molecule is CCCOC([SiH2]OCC(Cl)Cl)C1CO1. The lowest BCUT2D eigenvalue weighted by molar-refractivity contribution is 0.0736. The molecule has 0 amide bonds. The summed E-state index contributed by atoms with van der Waals surface area (Å²) in [5.41, 5.74) is 0.169. The van der Waals surface area contributed by atoms with Crippen LogP contribution in [0, 0.1) is 0 Å². The van der Waals surface area contributed by atoms with Gasteiger partial charge in [0, 0.05) is 6.61 Å². The van der Waals surface area contributed by atoms with Crippen LogP contribution in [0.25, 0.3) is 0 Å². The van der Waals surface area contributed by atoms with Crippen molar-refractivity contribution in [1.82, 2.24) is 0 Å². The number of ether oxygens (including phenoxy) is 2. The Balaban J connectivity index is 2.08. The van der Waals surface area contributed by atoms with Crippen molar-refractivity contribution in [1.29, 1.82) is 0 Å². The topological polar surface area (TPSA) is 31.0 Å². The van der Waals surface area contributed by atoms with Gasteiger partial charge in [-0.05, 0) is 6.42 Å². The summed E-state index contributed by atoms with van der Waals surface area (Å²) in [6.45, 7) is 4.05. The quantitative estimate of drug-likeness (QED) is 0.371. The van der Waals surface area contributed by atoms with Gasteiger partial charge in [0.1, 0.15) is 10.9 Å². The first kappa shape index (κ1) is 12.7. The van der Waals surface area contributed by atoms with Crippen LogP contribution in [0.2, 0.25) is 0 Å². The molecule has 0 aliphatic carbocycles. The predicted octanol–water partition coefficient (Wildman–Crippen LogP) is 1.04. The van der Waals surface area contributed by atoms with Crippen molar-refractivity contribution in [2.75, 3.05) is 19.8 Å². The molecule has 0 saturated carbocycles. The molecule has 2 unspecified atom stereocenters. The summed E-state index contributed by atoms with van der Waals surface area (Å²) in [6, 6.07) is 0. The highest BCUT2D eigenvalue weighted by Gasteiger charge is 2.34. The molecule has 1 aliphatic heterocycles. The number of hydrogen-bond donors (Lipinski definition) is 0. The maximum Gasteiger partial charge on any atom is 0.194 e. The summed E-state index contributed by atoms with van der Waals surface area (Å²) in [7, 11) is -0.739. The smallest absolute Gasteiger partial charge is 0.194 e. The van der Waals surface area contributed by atoms with E-state index in [-0.39, 0.29) is 11.8 Å². The van der Waals surface area contributed by atoms with E-state index in [4.69, 9.17) is 37.1 Å². The number of rotatable bonds is 8. The first-order valence-electron chi connectivity index (χ1n) is 4.83. The zero-order valence-electron chi connectivity index (χ0n) is 8.25. The Morgan fingerprint density at radius 3 is 2.79 bits per heavy atom. The molecule has 0 aromatic rings. The molecule has 14 heavy (non-hydrogen) atoms. The fraction of sp³-hybridized carbons (Fsp3) is 1.00. The molecular formula is C8H16Cl2O3Si. The van der Waals surface area contributed by atoms with Gasteiger partial charge in [0.2, 0.25) is 0 Å². The van der Waals surface area contributed by atoms with Gasteiger partial charge in [-0.25, -0.2) is 0 Å². The van der Waals surface area contributed by atoms with Crippen LogP contribution >= 0.6 is 23.2 Å². The van der Waals surface area contributed by atoms with Gasteiger partial charge in [-0.15, -0.1) is 23.2 Å². The van der Waals surface area contributed by atoms with E-state index in [1.54, 1.807) is 0 Å². The predicted molar refractivity (Wildman–Crippen MR) is 59.8 cm³/mol. The molecule has 3 nitrogen and oxygen atoms in total. The van der Waals surface area contributed by atoms with Gasteiger partial charge in [0.15, 0.2) is 9.76 Å². The summed E-state index contributed by atoms with van der Waals surface area (Å²) < 4.78 is 16.2. The van der Waals surface area contributed by atoms with E-state index in [9.17, 15) is 0 Å². The van der Waals surface area contributed by atoms with E-state index in [2.05, 4.69) is 6.92 Å². The highest BCUT2D eigenvalue weighted by Crippen LogP contribution is 2.17. The first-order chi connectivity index (χ1) is 6.74. The summed E-state index contributed by atoms with van der Waals surface area (Å²) >= 11 is 11.1. The van der Waals surface area contributed by atoms with Crippen molar-refractivity contribution in [3.05, 3.63) is 0 Å². The third-order valence-corrected chi connectivity index (χ3v) is 3.65. The number of epoxide rings is 1. The molecule has 0 radical (unpaired) electrons. The Labute approximate surface area is 96.9 Å². The van der Waals surface area contributed by atoms with Crippen molar-refractivity contribution in [2.24, 2.45) is 0 Å². The van der Waals surface area contributed by atoms with Gasteiger partial charge >= 0.3 is 0 Å². The molecule has 1 heterocycles. The Bertz CT molecular complexity index is 156. The van der Waals surface area contributed by atoms with Gasteiger partial charge in [-0.1, -0.05) is 6.92 Å². The first-order valence-corrected chi connectivity index (χ1v) is 7.09. The zero-order valence-corrected chi connectivity index (χ0v) is 11.2. The molecule has 0 bridgehead atoms. The normalized spacial score (nSPS) is 23.6. The minimum atomic E-state index is -0.739. The van der Waals surface area contributed by atoms with E-state index < -0.39 is 14.6 Å². The van der Waals surface area contributed by atoms with Crippen LogP contribution < -0.4 is 0 Å². The third-order valence-electron chi connectivity index (χ3n) is 1.84. The average Bonchev–Trinajstić information content (AvgIpc) is 2.93. The lowest BCUT2D eigenvalue weighted by atomic mass is 10.5. The van der Waals surface area contributed by atoms with E-state index in [0.29, 0.717) is 6.61 Å². The van der Waals surface area contributed by atoms with Crippen LogP contribution in [0.5, 0.6) is 0 Å². The third kappa shape index (κ3) is 5.53. The van der Waals surface area contributed by atoms with E-state index in [0.717, 1.165) is 19.6 Å². The van der Waals surface area contributed by atoms with Crippen molar-refractivity contribution < 1.29 is 13.9 Å². The fourth-order valence-corrected chi connectivity index (χ4v) is 2.91. The van der Waals surface area contributed by atoms with Crippen LogP contribution in [-0.4, -0.2) is 46.3 Å². The Hall–Kier alpha value is 0.677. The van der Waals surface area contributed by atoms with Crippen LogP contribution in [0.1, 0.15) is 13.3 Å². The van der Waals surface area contributed by atoms with Crippen LogP contribution in [0.15, 0.2) is 0 Å². The van der Waals surface area contributed by atoms with Crippen LogP contribution in [0.3, 0.4) is 0 Å². The molecular weight excluding hydrogens is 243 g/mol. The number of halogens is 2. The lowest BCUT2D eigenvalue weighted by Crippen LogP contribution is -2.30. The van der Waals surface area contributed by atoms with Gasteiger partial charge in [0.05, 0.1) is 18.9 Å². The molecule has 0 aromatic carbocycles. The van der Waals surface area contributed by atoms with Crippen molar-refractivity contribution in [2.45, 2.75) is 30.0 Å². The number of alkyl halides is 2. The minimum Gasteiger partial charge on any atom is -0.418 e. The standard InChI is InChI=1S/C8H16Cl2O3Si/c1-2-3-11-8(6-4-12-6)14-13-5-7(9)10/h6-8H,2-5,14H2,1H3. The summed E-state index contributed by atoms with van der Waals surface area (Å²) in [5.74, 6) is 0. The minimum absolute atomic E-state index is 0.169. The highest BCUT2D eigenvalue weighted by atomic mass is 35.5. The van der Waals surface area contributed by atoms with Gasteiger partial charge < -0.3 is 13.9 Å². The van der Waals surface area contributed by atoms with E-state index in [1.807, 2.05) is 0 Å². The van der Waals surface area contributed by atoms with Gasteiger partial charge in [0.25, 0.3) is 0 Å². The monoisotopic (exact) mass is 258 g/mol. The maximum atomic E-state index is 5.62. The summed E-state index contributed by atoms with van der Waals surface area (Å²) in [4.78, 5) is -0.436. The summed E-state index contributed by atoms with van der Waals surface area (Å²) in [5, 5.41) is 0. The maximum absolute atomic E-state index is 5.62. The van der Waals surface area contributed by atoms with E-state index >= 15 is 0 Å². The van der Waals surface area contributed by atoms with Gasteiger partial charge in [-0.2, -0.15) is 0 Å². The zero-order chi connectivity index (χ0) is 10.4. The summed E-state index contributed by atoms with van der Waals surface area (Å²) in [6.07, 6.45) is 1.28. The van der Waals surface area contributed by atoms with E-state index in [1.165, 1.54) is 0 Å². The Morgan fingerprint density at radius 1 is 1.57 bits per heavy atom. The average molecular weight is 259 g/mol. The second-order valence-corrected chi connectivity index (χ2v) is 6.03. The largest absolute Gasteiger partial charge is 0.418 e. The molecule has 0 N–H and O–H groups in total. The molecule has 2 atom stereocenters. The Morgan fingerprint density at radius 2 is 2.29 bits per heavy atom. The molecule has 0 aromatic heterocycles. The van der Waals surface area contributed by atoms with Crippen molar-refractivity contribution >= 4 is 33.0 Å². The molecule has 1 fully saturated rings. The van der Waals surface area contributed by atoms with Crippen LogP contribution in [0.4, 0.5) is 0 Å². The molecule has 84 valence electrons. The second kappa shape index (κ2) is 7.03. The van der Waals surface area contributed by atoms with Crippen LogP contribution in [-0.2, 0) is 13.9 Å². The number of hydrogen-bond acceptors (Lipinski definition) is 3. The highest BCUT2D eigenvalue weighted by molar-refractivity contribution is 6.44. The molecule has 0 spiro atoms. The van der Waals surface area contributed by atoms with Gasteiger partial charge in [-0.3, -0.25) is 0 Å². The molecule has 1 saturated heterocycles. The molecule has 6 heteroatoms. The molecule has 1 rings (SSSR count). The van der Waals surface area contributed by atoms with Crippen molar-refractivity contribution in [3.63, 3.8) is 0 Å². The Kier molecular flexibility index (Phi) is 6.40. The lowest BCUT2D eigenvalue weighted by Gasteiger charge is -2.15.